The molecule has 88 valence electrons. The number of aliphatic hydroxyl groups is 3. The Morgan fingerprint density at radius 2 is 2.00 bits per heavy atom. The van der Waals surface area contributed by atoms with Crippen LogP contribution in [-0.2, 0) is 14.2 Å². The molecule has 0 aromatic rings. The fourth-order valence-corrected chi connectivity index (χ4v) is 2.03. The van der Waals surface area contributed by atoms with Crippen molar-refractivity contribution in [2.75, 3.05) is 13.2 Å². The first kappa shape index (κ1) is 11.3. The van der Waals surface area contributed by atoms with Crippen LogP contribution in [0, 0.1) is 0 Å². The van der Waals surface area contributed by atoms with E-state index in [9.17, 15) is 15.3 Å². The lowest BCUT2D eigenvalue weighted by Crippen LogP contribution is -2.61. The fourth-order valence-electron chi connectivity index (χ4n) is 2.03. The minimum atomic E-state index is -1.36. The van der Waals surface area contributed by atoms with E-state index in [2.05, 4.69) is 0 Å². The molecule has 2 fully saturated rings. The highest BCUT2D eigenvalue weighted by atomic mass is 16.8. The van der Waals surface area contributed by atoms with Crippen LogP contribution in [0.2, 0.25) is 0 Å². The van der Waals surface area contributed by atoms with Gasteiger partial charge in [-0.15, -0.1) is 0 Å². The highest BCUT2D eigenvalue weighted by Gasteiger charge is 2.60. The van der Waals surface area contributed by atoms with Gasteiger partial charge in [0.1, 0.15) is 24.9 Å². The topological polar surface area (TPSA) is 88.4 Å². The molecule has 0 radical (unpaired) electrons. The van der Waals surface area contributed by atoms with Crippen molar-refractivity contribution in [1.29, 1.82) is 0 Å². The third-order valence-electron chi connectivity index (χ3n) is 2.69. The van der Waals surface area contributed by atoms with Crippen molar-refractivity contribution in [2.24, 2.45) is 0 Å². The molecule has 15 heavy (non-hydrogen) atoms. The largest absolute Gasteiger partial charge is 0.391 e. The SMILES string of the molecule is CC1(C)O[C@H]2[C@H](O)[C@H](O)CO[C@@]2(CO)O1. The van der Waals surface area contributed by atoms with Crippen molar-refractivity contribution >= 4 is 0 Å². The second-order valence-corrected chi connectivity index (χ2v) is 4.38. The van der Waals surface area contributed by atoms with Gasteiger partial charge in [-0.25, -0.2) is 0 Å². The minimum Gasteiger partial charge on any atom is -0.391 e. The van der Waals surface area contributed by atoms with Gasteiger partial charge in [-0.3, -0.25) is 0 Å². The summed E-state index contributed by atoms with van der Waals surface area (Å²) in [5.74, 6) is -2.30. The molecule has 2 aliphatic rings. The van der Waals surface area contributed by atoms with Crippen LogP contribution < -0.4 is 0 Å². The first-order chi connectivity index (χ1) is 6.90. The molecule has 2 heterocycles. The Balaban J connectivity index is 2.27. The first-order valence-corrected chi connectivity index (χ1v) is 4.89. The molecule has 4 atom stereocenters. The molecule has 2 saturated heterocycles. The number of fused-ring (bicyclic) bond motifs is 1. The molecule has 0 saturated carbocycles. The third kappa shape index (κ3) is 1.67. The van der Waals surface area contributed by atoms with E-state index in [-0.39, 0.29) is 6.61 Å². The Labute approximate surface area is 87.4 Å². The van der Waals surface area contributed by atoms with Crippen molar-refractivity contribution in [3.05, 3.63) is 0 Å². The van der Waals surface area contributed by atoms with Gasteiger partial charge in [-0.1, -0.05) is 0 Å². The maximum Gasteiger partial charge on any atom is 0.224 e. The van der Waals surface area contributed by atoms with E-state index < -0.39 is 36.5 Å². The molecule has 0 spiro atoms. The standard InChI is InChI=1S/C9H16O6/c1-8(2)14-7-6(12)5(11)3-13-9(7,4-10)15-8/h5-7,10-12H,3-4H2,1-2H3/t5-,6-,7+,9+/m1/s1. The Kier molecular flexibility index (Phi) is 2.53. The first-order valence-electron chi connectivity index (χ1n) is 4.89. The molecule has 2 aliphatic heterocycles. The van der Waals surface area contributed by atoms with Gasteiger partial charge in [0.05, 0.1) is 6.61 Å². The highest BCUT2D eigenvalue weighted by molar-refractivity contribution is 4.98. The molecule has 0 aromatic heterocycles. The van der Waals surface area contributed by atoms with Crippen molar-refractivity contribution in [1.82, 2.24) is 0 Å². The van der Waals surface area contributed by atoms with Crippen LogP contribution in [0.1, 0.15) is 13.8 Å². The predicted molar refractivity (Wildman–Crippen MR) is 47.8 cm³/mol. The Morgan fingerprint density at radius 1 is 1.33 bits per heavy atom. The molecule has 3 N–H and O–H groups in total. The van der Waals surface area contributed by atoms with E-state index in [0.717, 1.165) is 0 Å². The van der Waals surface area contributed by atoms with Gasteiger partial charge in [0.25, 0.3) is 0 Å². The van der Waals surface area contributed by atoms with E-state index in [1.807, 2.05) is 0 Å². The summed E-state index contributed by atoms with van der Waals surface area (Å²) in [7, 11) is 0. The van der Waals surface area contributed by atoms with Gasteiger partial charge in [-0.2, -0.15) is 0 Å². The second-order valence-electron chi connectivity index (χ2n) is 4.38. The van der Waals surface area contributed by atoms with Crippen molar-refractivity contribution < 1.29 is 29.5 Å². The highest BCUT2D eigenvalue weighted by Crippen LogP contribution is 2.41. The summed E-state index contributed by atoms with van der Waals surface area (Å²) < 4.78 is 16.1. The van der Waals surface area contributed by atoms with Gasteiger partial charge in [0.2, 0.25) is 5.79 Å². The van der Waals surface area contributed by atoms with Gasteiger partial charge in [-0.05, 0) is 13.8 Å². The minimum absolute atomic E-state index is 0.0856. The van der Waals surface area contributed by atoms with Crippen LogP contribution in [0.5, 0.6) is 0 Å². The lowest BCUT2D eigenvalue weighted by molar-refractivity contribution is -0.304. The molecule has 0 aliphatic carbocycles. The number of aliphatic hydroxyl groups excluding tert-OH is 3. The Bertz CT molecular complexity index is 255. The summed E-state index contributed by atoms with van der Waals surface area (Å²) in [5.41, 5.74) is 0. The van der Waals surface area contributed by atoms with Crippen LogP contribution in [0.3, 0.4) is 0 Å². The van der Waals surface area contributed by atoms with Crippen molar-refractivity contribution in [3.8, 4) is 0 Å². The average Bonchev–Trinajstić information content (AvgIpc) is 2.45. The second kappa shape index (κ2) is 3.38. The summed E-state index contributed by atoms with van der Waals surface area (Å²) in [6.45, 7) is 2.80. The third-order valence-corrected chi connectivity index (χ3v) is 2.69. The van der Waals surface area contributed by atoms with Crippen LogP contribution in [0.4, 0.5) is 0 Å². The lowest BCUT2D eigenvalue weighted by Gasteiger charge is -2.39. The van der Waals surface area contributed by atoms with Gasteiger partial charge < -0.3 is 29.5 Å². The van der Waals surface area contributed by atoms with E-state index >= 15 is 0 Å². The van der Waals surface area contributed by atoms with Crippen molar-refractivity contribution in [2.45, 2.75) is 43.7 Å². The summed E-state index contributed by atoms with van der Waals surface area (Å²) >= 11 is 0. The normalized spacial score (nSPS) is 49.0. The van der Waals surface area contributed by atoms with Crippen LogP contribution in [0.25, 0.3) is 0 Å². The van der Waals surface area contributed by atoms with Gasteiger partial charge >= 0.3 is 0 Å². The van der Waals surface area contributed by atoms with Crippen molar-refractivity contribution in [3.63, 3.8) is 0 Å². The predicted octanol–water partition coefficient (Wildman–Crippen LogP) is -1.42. The number of ether oxygens (including phenoxy) is 3. The molecular formula is C9H16O6. The molecule has 6 heteroatoms. The number of rotatable bonds is 1. The maximum atomic E-state index is 9.73. The van der Waals surface area contributed by atoms with E-state index in [1.165, 1.54) is 0 Å². The Morgan fingerprint density at radius 3 is 2.60 bits per heavy atom. The molecular weight excluding hydrogens is 204 g/mol. The zero-order valence-electron chi connectivity index (χ0n) is 8.71. The summed E-state index contributed by atoms with van der Waals surface area (Å²) in [6, 6.07) is 0. The van der Waals surface area contributed by atoms with E-state index in [1.54, 1.807) is 13.8 Å². The summed E-state index contributed by atoms with van der Waals surface area (Å²) in [6.07, 6.45) is -3.01. The zero-order valence-corrected chi connectivity index (χ0v) is 8.71. The molecule has 2 rings (SSSR count). The van der Waals surface area contributed by atoms with Crippen LogP contribution in [-0.4, -0.2) is 58.4 Å². The zero-order chi connectivity index (χ0) is 11.3. The molecule has 0 unspecified atom stereocenters. The summed E-state index contributed by atoms with van der Waals surface area (Å²) in [4.78, 5) is 0. The molecule has 0 aromatic carbocycles. The number of hydrogen-bond donors (Lipinski definition) is 3. The Hall–Kier alpha value is -0.240. The van der Waals surface area contributed by atoms with Gasteiger partial charge in [0.15, 0.2) is 5.79 Å². The smallest absolute Gasteiger partial charge is 0.224 e. The van der Waals surface area contributed by atoms with Crippen LogP contribution in [0.15, 0.2) is 0 Å². The quantitative estimate of drug-likeness (QED) is 0.502. The monoisotopic (exact) mass is 220 g/mol. The molecule has 0 amide bonds. The molecule has 6 nitrogen and oxygen atoms in total. The maximum absolute atomic E-state index is 9.73. The molecule has 0 bridgehead atoms. The van der Waals surface area contributed by atoms with E-state index in [0.29, 0.717) is 0 Å². The van der Waals surface area contributed by atoms with E-state index in [4.69, 9.17) is 14.2 Å². The van der Waals surface area contributed by atoms with Crippen LogP contribution >= 0.6 is 0 Å². The average molecular weight is 220 g/mol. The summed E-state index contributed by atoms with van der Waals surface area (Å²) in [5, 5.41) is 28.4. The van der Waals surface area contributed by atoms with Gasteiger partial charge in [0, 0.05) is 0 Å². The number of hydrogen-bond acceptors (Lipinski definition) is 6. The fraction of sp³-hybridized carbons (Fsp3) is 1.00. The lowest BCUT2D eigenvalue weighted by atomic mass is 9.98.